The first-order valence-corrected chi connectivity index (χ1v) is 6.33. The van der Waals surface area contributed by atoms with Crippen LogP contribution < -0.4 is 10.6 Å². The van der Waals surface area contributed by atoms with E-state index in [0.29, 0.717) is 5.69 Å². The van der Waals surface area contributed by atoms with Crippen molar-refractivity contribution < 1.29 is 19.5 Å². The zero-order chi connectivity index (χ0) is 16.2. The highest BCUT2D eigenvalue weighted by Crippen LogP contribution is 2.17. The minimum absolute atomic E-state index is 0.0152. The van der Waals surface area contributed by atoms with Crippen LogP contribution in [0.4, 0.5) is 10.5 Å². The van der Waals surface area contributed by atoms with E-state index >= 15 is 0 Å². The van der Waals surface area contributed by atoms with Crippen LogP contribution in [-0.2, 0) is 9.59 Å². The highest BCUT2D eigenvalue weighted by atomic mass is 16.4. The Balaban J connectivity index is 2.79. The van der Waals surface area contributed by atoms with Gasteiger partial charge in [-0.3, -0.25) is 10.1 Å². The van der Waals surface area contributed by atoms with Crippen LogP contribution in [0.3, 0.4) is 0 Å². The second kappa shape index (κ2) is 6.69. The second-order valence-corrected chi connectivity index (χ2v) is 4.71. The first-order chi connectivity index (χ1) is 9.73. The summed E-state index contributed by atoms with van der Waals surface area (Å²) in [7, 11) is 0. The van der Waals surface area contributed by atoms with Crippen LogP contribution in [0, 0.1) is 13.8 Å². The Kier molecular flexibility index (Phi) is 5.24. The minimum atomic E-state index is -1.20. The Labute approximate surface area is 122 Å². The first-order valence-electron chi connectivity index (χ1n) is 6.33. The number of hydrogen-bond donors (Lipinski definition) is 3. The van der Waals surface area contributed by atoms with Gasteiger partial charge >= 0.3 is 12.0 Å². The Morgan fingerprint density at radius 1 is 1.05 bits per heavy atom. The predicted octanol–water partition coefficient (Wildman–Crippen LogP) is 2.37. The molecular formula is C15H18N2O4. The molecule has 0 bridgehead atoms. The summed E-state index contributed by atoms with van der Waals surface area (Å²) < 4.78 is 0. The molecule has 0 aliphatic rings. The number of carbonyl (C=O) groups is 3. The van der Waals surface area contributed by atoms with E-state index < -0.39 is 17.9 Å². The van der Waals surface area contributed by atoms with E-state index in [1.54, 1.807) is 12.1 Å². The number of nitrogens with one attached hydrogen (secondary N) is 2. The summed E-state index contributed by atoms with van der Waals surface area (Å²) in [5, 5.41) is 13.5. The Bertz CT molecular complexity index is 633. The third-order valence-electron chi connectivity index (χ3n) is 3.30. The Hall–Kier alpha value is -2.63. The van der Waals surface area contributed by atoms with Crippen molar-refractivity contribution >= 4 is 23.6 Å². The average Bonchev–Trinajstić information content (AvgIpc) is 2.41. The monoisotopic (exact) mass is 290 g/mol. The SMILES string of the molecule is CC(C(=O)O)=C(C)C(=O)NC(=O)Nc1cccc(C)c1C. The third-order valence-corrected chi connectivity index (χ3v) is 3.30. The molecular weight excluding hydrogens is 272 g/mol. The molecule has 0 saturated carbocycles. The highest BCUT2D eigenvalue weighted by molar-refractivity contribution is 6.10. The maximum atomic E-state index is 11.8. The number of aliphatic carboxylic acids is 1. The molecule has 0 atom stereocenters. The van der Waals surface area contributed by atoms with E-state index in [-0.39, 0.29) is 11.1 Å². The van der Waals surface area contributed by atoms with Crippen molar-refractivity contribution in [3.63, 3.8) is 0 Å². The highest BCUT2D eigenvalue weighted by Gasteiger charge is 2.15. The van der Waals surface area contributed by atoms with Crippen LogP contribution in [0.25, 0.3) is 0 Å². The molecule has 0 aliphatic carbocycles. The van der Waals surface area contributed by atoms with Gasteiger partial charge in [0.15, 0.2) is 0 Å². The molecule has 1 rings (SSSR count). The molecule has 0 heterocycles. The van der Waals surface area contributed by atoms with Crippen molar-refractivity contribution in [1.82, 2.24) is 5.32 Å². The van der Waals surface area contributed by atoms with Gasteiger partial charge in [-0.1, -0.05) is 12.1 Å². The molecule has 112 valence electrons. The Morgan fingerprint density at radius 3 is 2.24 bits per heavy atom. The predicted molar refractivity (Wildman–Crippen MR) is 79.1 cm³/mol. The largest absolute Gasteiger partial charge is 0.478 e. The molecule has 1 aromatic rings. The molecule has 0 aromatic heterocycles. The molecule has 0 spiro atoms. The second-order valence-electron chi connectivity index (χ2n) is 4.71. The van der Waals surface area contributed by atoms with E-state index in [4.69, 9.17) is 5.11 Å². The number of imide groups is 1. The summed E-state index contributed by atoms with van der Waals surface area (Å²) in [6.45, 7) is 6.42. The topological polar surface area (TPSA) is 95.5 Å². The van der Waals surface area contributed by atoms with Gasteiger partial charge in [0.1, 0.15) is 0 Å². The zero-order valence-electron chi connectivity index (χ0n) is 12.4. The van der Waals surface area contributed by atoms with Gasteiger partial charge in [0.25, 0.3) is 5.91 Å². The van der Waals surface area contributed by atoms with Gasteiger partial charge in [-0.25, -0.2) is 9.59 Å². The summed E-state index contributed by atoms with van der Waals surface area (Å²) in [4.78, 5) is 34.3. The van der Waals surface area contributed by atoms with Crippen molar-refractivity contribution in [2.45, 2.75) is 27.7 Å². The fourth-order valence-corrected chi connectivity index (χ4v) is 1.57. The molecule has 0 fully saturated rings. The van der Waals surface area contributed by atoms with Crippen LogP contribution in [-0.4, -0.2) is 23.0 Å². The van der Waals surface area contributed by atoms with E-state index in [1.807, 2.05) is 19.9 Å². The third kappa shape index (κ3) is 4.17. The van der Waals surface area contributed by atoms with E-state index in [0.717, 1.165) is 11.1 Å². The molecule has 21 heavy (non-hydrogen) atoms. The summed E-state index contributed by atoms with van der Waals surface area (Å²) >= 11 is 0. The molecule has 0 unspecified atom stereocenters. The van der Waals surface area contributed by atoms with Crippen molar-refractivity contribution in [1.29, 1.82) is 0 Å². The lowest BCUT2D eigenvalue weighted by Crippen LogP contribution is -2.35. The number of carboxylic acids is 1. The molecule has 6 heteroatoms. The van der Waals surface area contributed by atoms with Crippen LogP contribution in [0.1, 0.15) is 25.0 Å². The van der Waals surface area contributed by atoms with Gasteiger partial charge in [0.05, 0.1) is 0 Å². The maximum Gasteiger partial charge on any atom is 0.331 e. The van der Waals surface area contributed by atoms with E-state index in [2.05, 4.69) is 10.6 Å². The number of amides is 3. The van der Waals surface area contributed by atoms with E-state index in [1.165, 1.54) is 13.8 Å². The summed E-state index contributed by atoms with van der Waals surface area (Å²) in [5.74, 6) is -1.93. The minimum Gasteiger partial charge on any atom is -0.478 e. The Morgan fingerprint density at radius 2 is 1.67 bits per heavy atom. The number of benzene rings is 1. The zero-order valence-corrected chi connectivity index (χ0v) is 12.4. The molecule has 1 aromatic carbocycles. The van der Waals surface area contributed by atoms with Crippen molar-refractivity contribution in [3.05, 3.63) is 40.5 Å². The average molecular weight is 290 g/mol. The van der Waals surface area contributed by atoms with Crippen molar-refractivity contribution in [2.24, 2.45) is 0 Å². The fraction of sp³-hybridized carbons (Fsp3) is 0.267. The smallest absolute Gasteiger partial charge is 0.331 e. The number of anilines is 1. The normalized spacial score (nSPS) is 11.4. The molecule has 0 radical (unpaired) electrons. The number of rotatable bonds is 3. The number of urea groups is 1. The lowest BCUT2D eigenvalue weighted by Gasteiger charge is -2.11. The van der Waals surface area contributed by atoms with Crippen LogP contribution in [0.5, 0.6) is 0 Å². The lowest BCUT2D eigenvalue weighted by atomic mass is 10.1. The van der Waals surface area contributed by atoms with Gasteiger partial charge in [0, 0.05) is 16.8 Å². The fourth-order valence-electron chi connectivity index (χ4n) is 1.57. The van der Waals surface area contributed by atoms with Gasteiger partial charge in [-0.2, -0.15) is 0 Å². The summed E-state index contributed by atoms with van der Waals surface area (Å²) in [6.07, 6.45) is 0. The van der Waals surface area contributed by atoms with Crippen LogP contribution in [0.15, 0.2) is 29.3 Å². The molecule has 0 saturated heterocycles. The van der Waals surface area contributed by atoms with E-state index in [9.17, 15) is 14.4 Å². The van der Waals surface area contributed by atoms with Crippen LogP contribution >= 0.6 is 0 Å². The van der Waals surface area contributed by atoms with Gasteiger partial charge in [-0.05, 0) is 44.9 Å². The van der Waals surface area contributed by atoms with Crippen molar-refractivity contribution in [2.75, 3.05) is 5.32 Å². The maximum absolute atomic E-state index is 11.8. The van der Waals surface area contributed by atoms with Gasteiger partial charge in [-0.15, -0.1) is 0 Å². The van der Waals surface area contributed by atoms with Gasteiger partial charge < -0.3 is 10.4 Å². The quantitative estimate of drug-likeness (QED) is 0.745. The number of hydrogen-bond acceptors (Lipinski definition) is 3. The van der Waals surface area contributed by atoms with Crippen molar-refractivity contribution in [3.8, 4) is 0 Å². The molecule has 3 amide bonds. The summed E-state index contributed by atoms with van der Waals surface area (Å²) in [6, 6.07) is 4.72. The number of carboxylic acid groups (broad SMARTS) is 1. The summed E-state index contributed by atoms with van der Waals surface area (Å²) in [5.41, 5.74) is 2.38. The van der Waals surface area contributed by atoms with Crippen LogP contribution in [0.2, 0.25) is 0 Å². The number of carbonyl (C=O) groups excluding carboxylic acids is 2. The lowest BCUT2D eigenvalue weighted by molar-refractivity contribution is -0.133. The van der Waals surface area contributed by atoms with Gasteiger partial charge in [0.2, 0.25) is 0 Å². The standard InChI is InChI=1S/C15H18N2O4/c1-8-6-5-7-12(9(8)2)16-15(21)17-13(18)10(3)11(4)14(19)20/h5-7H,1-4H3,(H,19,20)(H2,16,17,18,21). The molecule has 6 nitrogen and oxygen atoms in total. The molecule has 0 aliphatic heterocycles. The number of aryl methyl sites for hydroxylation is 1. The molecule has 3 N–H and O–H groups in total. The first kappa shape index (κ1) is 16.4.